The maximum atomic E-state index is 3.81. The second-order valence-corrected chi connectivity index (χ2v) is 10.7. The molecule has 0 N–H and O–H groups in total. The Morgan fingerprint density at radius 1 is 1.29 bits per heavy atom. The smallest absolute Gasteiger partial charge is 0.0753 e. The van der Waals surface area contributed by atoms with Gasteiger partial charge in [-0.3, -0.25) is 0 Å². The minimum atomic E-state index is 0.415. The van der Waals surface area contributed by atoms with Gasteiger partial charge in [0.15, 0.2) is 0 Å². The van der Waals surface area contributed by atoms with E-state index in [0.29, 0.717) is 10.2 Å². The van der Waals surface area contributed by atoms with Crippen LogP contribution in [-0.4, -0.2) is 0 Å². The van der Waals surface area contributed by atoms with Gasteiger partial charge >= 0.3 is 0 Å². The Labute approximate surface area is 134 Å². The highest BCUT2D eigenvalue weighted by Crippen LogP contribution is 2.42. The largest absolute Gasteiger partial charge is 0.121 e. The predicted octanol–water partition coefficient (Wildman–Crippen LogP) is 7.17. The minimum absolute atomic E-state index is 0.415. The molecular weight excluding hydrogens is 428 g/mol. The third-order valence-corrected chi connectivity index (χ3v) is 5.84. The summed E-state index contributed by atoms with van der Waals surface area (Å²) in [6.45, 7) is 9.27. The quantitative estimate of drug-likeness (QED) is 0.430. The summed E-state index contributed by atoms with van der Waals surface area (Å²) >= 11 is 12.7. The van der Waals surface area contributed by atoms with Crippen LogP contribution in [0, 0.1) is 11.3 Å². The van der Waals surface area contributed by atoms with Crippen LogP contribution in [0.4, 0.5) is 0 Å². The molecule has 0 radical (unpaired) electrons. The summed E-state index contributed by atoms with van der Waals surface area (Å²) in [6.07, 6.45) is 2.44. The van der Waals surface area contributed by atoms with Crippen molar-refractivity contribution in [3.63, 3.8) is 0 Å². The van der Waals surface area contributed by atoms with Crippen LogP contribution < -0.4 is 0 Å². The molecule has 1 heterocycles. The van der Waals surface area contributed by atoms with Crippen molar-refractivity contribution in [3.05, 3.63) is 19.2 Å². The molecule has 0 amide bonds. The first-order chi connectivity index (χ1) is 7.69. The van der Waals surface area contributed by atoms with E-state index >= 15 is 0 Å². The van der Waals surface area contributed by atoms with Gasteiger partial charge in [-0.05, 0) is 67.7 Å². The Morgan fingerprint density at radius 2 is 1.88 bits per heavy atom. The van der Waals surface area contributed by atoms with Gasteiger partial charge in [-0.1, -0.05) is 43.6 Å². The van der Waals surface area contributed by atoms with Crippen molar-refractivity contribution in [3.8, 4) is 0 Å². The summed E-state index contributed by atoms with van der Waals surface area (Å²) in [6, 6.07) is 2.21. The standard InChI is InChI=1S/C13H19Br3S/c1-8(7-13(2,3)4)5-10(14)9-6-11(15)17-12(9)16/h6,8,10H,5,7H2,1-4H3. The first-order valence-electron chi connectivity index (χ1n) is 5.78. The molecule has 2 atom stereocenters. The maximum Gasteiger partial charge on any atom is 0.0753 e. The molecule has 0 aromatic carbocycles. The fraction of sp³-hybridized carbons (Fsp3) is 0.692. The molecule has 98 valence electrons. The number of halogens is 3. The molecule has 0 saturated heterocycles. The number of thiophene rings is 1. The SMILES string of the molecule is CC(CC(Br)c1cc(Br)sc1Br)CC(C)(C)C. The fourth-order valence-electron chi connectivity index (χ4n) is 2.18. The topological polar surface area (TPSA) is 0 Å². The van der Waals surface area contributed by atoms with E-state index in [1.807, 2.05) is 0 Å². The van der Waals surface area contributed by atoms with Crippen molar-refractivity contribution in [1.29, 1.82) is 0 Å². The maximum absolute atomic E-state index is 3.81. The molecule has 0 nitrogen and oxygen atoms in total. The third kappa shape index (κ3) is 5.75. The number of hydrogen-bond donors (Lipinski definition) is 0. The Bertz CT molecular complexity index is 365. The molecule has 4 heteroatoms. The van der Waals surface area contributed by atoms with Gasteiger partial charge in [0.2, 0.25) is 0 Å². The van der Waals surface area contributed by atoms with Crippen LogP contribution in [-0.2, 0) is 0 Å². The summed E-state index contributed by atoms with van der Waals surface area (Å²) in [4.78, 5) is 0.441. The van der Waals surface area contributed by atoms with Crippen LogP contribution in [0.3, 0.4) is 0 Å². The zero-order valence-electron chi connectivity index (χ0n) is 10.7. The van der Waals surface area contributed by atoms with Gasteiger partial charge in [-0.2, -0.15) is 0 Å². The Balaban J connectivity index is 2.60. The minimum Gasteiger partial charge on any atom is -0.121 e. The van der Waals surface area contributed by atoms with Crippen LogP contribution in [0.15, 0.2) is 13.6 Å². The zero-order chi connectivity index (χ0) is 13.2. The van der Waals surface area contributed by atoms with Crippen LogP contribution in [0.1, 0.15) is 50.9 Å². The van der Waals surface area contributed by atoms with E-state index in [1.165, 1.54) is 26.0 Å². The van der Waals surface area contributed by atoms with Crippen LogP contribution in [0.25, 0.3) is 0 Å². The first kappa shape index (κ1) is 16.2. The second kappa shape index (κ2) is 6.53. The zero-order valence-corrected chi connectivity index (χ0v) is 16.3. The molecule has 0 aliphatic heterocycles. The van der Waals surface area contributed by atoms with E-state index in [9.17, 15) is 0 Å². The number of rotatable bonds is 4. The van der Waals surface area contributed by atoms with Crippen LogP contribution in [0.2, 0.25) is 0 Å². The summed E-state index contributed by atoms with van der Waals surface area (Å²) in [5.74, 6) is 0.727. The molecular formula is C13H19Br3S. The summed E-state index contributed by atoms with van der Waals surface area (Å²) < 4.78 is 2.42. The van der Waals surface area contributed by atoms with E-state index in [-0.39, 0.29) is 0 Å². The highest BCUT2D eigenvalue weighted by atomic mass is 79.9. The normalized spacial score (nSPS) is 15.9. The van der Waals surface area contributed by atoms with Crippen molar-refractivity contribution in [1.82, 2.24) is 0 Å². The molecule has 1 aromatic rings. The highest BCUT2D eigenvalue weighted by molar-refractivity contribution is 9.12. The van der Waals surface area contributed by atoms with E-state index in [2.05, 4.69) is 81.6 Å². The summed E-state index contributed by atoms with van der Waals surface area (Å²) in [5, 5.41) is 0. The van der Waals surface area contributed by atoms with Crippen molar-refractivity contribution < 1.29 is 0 Å². The lowest BCUT2D eigenvalue weighted by molar-refractivity contribution is 0.296. The van der Waals surface area contributed by atoms with E-state index in [0.717, 1.165) is 5.92 Å². The molecule has 17 heavy (non-hydrogen) atoms. The van der Waals surface area contributed by atoms with Crippen molar-refractivity contribution >= 4 is 59.1 Å². The molecule has 2 unspecified atom stereocenters. The predicted molar refractivity (Wildman–Crippen MR) is 89.2 cm³/mol. The van der Waals surface area contributed by atoms with E-state index < -0.39 is 0 Å². The first-order valence-corrected chi connectivity index (χ1v) is 9.09. The van der Waals surface area contributed by atoms with Gasteiger partial charge in [0.1, 0.15) is 0 Å². The Kier molecular flexibility index (Phi) is 6.23. The van der Waals surface area contributed by atoms with Crippen molar-refractivity contribution in [2.24, 2.45) is 11.3 Å². The van der Waals surface area contributed by atoms with E-state index in [1.54, 1.807) is 11.3 Å². The Morgan fingerprint density at radius 3 is 2.29 bits per heavy atom. The lowest BCUT2D eigenvalue weighted by Crippen LogP contribution is -2.12. The van der Waals surface area contributed by atoms with Crippen molar-refractivity contribution in [2.45, 2.75) is 45.4 Å². The lowest BCUT2D eigenvalue weighted by Gasteiger charge is -2.24. The van der Waals surface area contributed by atoms with Crippen molar-refractivity contribution in [2.75, 3.05) is 0 Å². The summed E-state index contributed by atoms with van der Waals surface area (Å²) in [5.41, 5.74) is 1.78. The molecule has 1 aromatic heterocycles. The molecule has 1 rings (SSSR count). The highest BCUT2D eigenvalue weighted by Gasteiger charge is 2.21. The van der Waals surface area contributed by atoms with Gasteiger partial charge in [0.05, 0.1) is 7.57 Å². The number of alkyl halides is 1. The average molecular weight is 447 g/mol. The van der Waals surface area contributed by atoms with Gasteiger partial charge in [-0.15, -0.1) is 11.3 Å². The third-order valence-electron chi connectivity index (χ3n) is 2.59. The van der Waals surface area contributed by atoms with Gasteiger partial charge in [0, 0.05) is 4.83 Å². The van der Waals surface area contributed by atoms with Gasteiger partial charge in [-0.25, -0.2) is 0 Å². The van der Waals surface area contributed by atoms with E-state index in [4.69, 9.17) is 0 Å². The van der Waals surface area contributed by atoms with Crippen LogP contribution in [0.5, 0.6) is 0 Å². The van der Waals surface area contributed by atoms with Gasteiger partial charge < -0.3 is 0 Å². The summed E-state index contributed by atoms with van der Waals surface area (Å²) in [7, 11) is 0. The average Bonchev–Trinajstić information content (AvgIpc) is 2.41. The molecule has 0 aliphatic carbocycles. The molecule has 0 spiro atoms. The second-order valence-electron chi connectivity index (χ2n) is 5.85. The lowest BCUT2D eigenvalue weighted by atomic mass is 9.83. The Hall–Kier alpha value is 1.14. The number of hydrogen-bond acceptors (Lipinski definition) is 1. The molecule has 0 bridgehead atoms. The van der Waals surface area contributed by atoms with Gasteiger partial charge in [0.25, 0.3) is 0 Å². The van der Waals surface area contributed by atoms with Crippen LogP contribution >= 0.6 is 59.1 Å². The fourth-order valence-corrected chi connectivity index (χ4v) is 6.61. The molecule has 0 aliphatic rings. The molecule has 0 saturated carbocycles. The monoisotopic (exact) mass is 444 g/mol. The molecule has 0 fully saturated rings.